The van der Waals surface area contributed by atoms with E-state index in [1.807, 2.05) is 49.4 Å². The Labute approximate surface area is 204 Å². The van der Waals surface area contributed by atoms with Crippen molar-refractivity contribution in [2.24, 2.45) is 5.92 Å². The number of carbonyl (C=O) groups excluding carboxylic acids is 1. The number of rotatable bonds is 6. The van der Waals surface area contributed by atoms with E-state index in [1.54, 1.807) is 16.9 Å². The standard InChI is InChI=1S/C28H28N4O3/c1-19-25(28(33)20-6-5-14-34-15-13-20)18-32-27(19)26(21(16-29)17-30-32)31-22-9-11-24(12-10-22)35-23-7-3-2-4-8-23/h2-4,7-9,11,17-18,20,31H,5-6,10,12-15H2,1H3. The van der Waals surface area contributed by atoms with Gasteiger partial charge in [0.05, 0.1) is 23.0 Å². The number of carbonyl (C=O) groups is 1. The van der Waals surface area contributed by atoms with Gasteiger partial charge in [-0.1, -0.05) is 18.2 Å². The predicted molar refractivity (Wildman–Crippen MR) is 133 cm³/mol. The molecule has 1 aliphatic carbocycles. The van der Waals surface area contributed by atoms with Crippen molar-refractivity contribution in [1.82, 2.24) is 9.61 Å². The monoisotopic (exact) mass is 468 g/mol. The number of allylic oxidation sites excluding steroid dienone is 4. The van der Waals surface area contributed by atoms with Crippen LogP contribution in [-0.4, -0.2) is 28.6 Å². The van der Waals surface area contributed by atoms with Gasteiger partial charge in [0.15, 0.2) is 5.78 Å². The van der Waals surface area contributed by atoms with Crippen LogP contribution < -0.4 is 10.1 Å². The second kappa shape index (κ2) is 10.2. The molecule has 0 bridgehead atoms. The van der Waals surface area contributed by atoms with Crippen molar-refractivity contribution in [3.8, 4) is 11.8 Å². The van der Waals surface area contributed by atoms with E-state index in [1.165, 1.54) is 0 Å². The summed E-state index contributed by atoms with van der Waals surface area (Å²) in [5, 5.41) is 17.7. The number of nitrogens with one attached hydrogen (secondary N) is 1. The highest BCUT2D eigenvalue weighted by Gasteiger charge is 2.26. The van der Waals surface area contributed by atoms with Crippen LogP contribution in [0.5, 0.6) is 5.75 Å². The molecule has 7 nitrogen and oxygen atoms in total. The van der Waals surface area contributed by atoms with Gasteiger partial charge in [0.1, 0.15) is 17.6 Å². The van der Waals surface area contributed by atoms with Crippen LogP contribution in [0.15, 0.2) is 66.3 Å². The second-order valence-electron chi connectivity index (χ2n) is 8.98. The van der Waals surface area contributed by atoms with Crippen LogP contribution in [0, 0.1) is 24.2 Å². The van der Waals surface area contributed by atoms with Gasteiger partial charge in [0, 0.05) is 43.0 Å². The summed E-state index contributed by atoms with van der Waals surface area (Å²) in [6.07, 6.45) is 11.2. The lowest BCUT2D eigenvalue weighted by molar-refractivity contribution is 0.0893. The van der Waals surface area contributed by atoms with Crippen LogP contribution in [0.25, 0.3) is 5.52 Å². The summed E-state index contributed by atoms with van der Waals surface area (Å²) in [5.41, 5.74) is 4.36. The zero-order chi connectivity index (χ0) is 24.2. The van der Waals surface area contributed by atoms with E-state index in [0.717, 1.165) is 60.4 Å². The first-order chi connectivity index (χ1) is 17.1. The summed E-state index contributed by atoms with van der Waals surface area (Å²) in [4.78, 5) is 13.4. The number of hydrogen-bond acceptors (Lipinski definition) is 6. The van der Waals surface area contributed by atoms with Crippen molar-refractivity contribution >= 4 is 17.0 Å². The number of ketones is 1. The summed E-state index contributed by atoms with van der Waals surface area (Å²) >= 11 is 0. The number of benzene rings is 1. The second-order valence-corrected chi connectivity index (χ2v) is 8.98. The fourth-order valence-corrected chi connectivity index (χ4v) is 4.74. The topological polar surface area (TPSA) is 88.7 Å². The molecule has 1 atom stereocenters. The SMILES string of the molecule is Cc1c(C(=O)C2CCCOCC2)cn2ncc(C#N)c(NC3=CC=C(Oc4ccccc4)CC3)c12. The number of aryl methyl sites for hydroxylation is 1. The van der Waals surface area contributed by atoms with Crippen molar-refractivity contribution in [1.29, 1.82) is 5.26 Å². The third-order valence-corrected chi connectivity index (χ3v) is 6.65. The lowest BCUT2D eigenvalue weighted by Crippen LogP contribution is -2.15. The van der Waals surface area contributed by atoms with Gasteiger partial charge in [-0.3, -0.25) is 4.79 Å². The lowest BCUT2D eigenvalue weighted by Gasteiger charge is -2.18. The minimum atomic E-state index is -0.0466. The van der Waals surface area contributed by atoms with Gasteiger partial charge in [-0.05, 0) is 62.5 Å². The third kappa shape index (κ3) is 4.84. The van der Waals surface area contributed by atoms with E-state index in [2.05, 4.69) is 16.5 Å². The Kier molecular flexibility index (Phi) is 6.64. The zero-order valence-corrected chi connectivity index (χ0v) is 19.8. The summed E-state index contributed by atoms with van der Waals surface area (Å²) in [6.45, 7) is 3.26. The molecule has 3 heterocycles. The van der Waals surface area contributed by atoms with E-state index in [-0.39, 0.29) is 11.7 Å². The smallest absolute Gasteiger partial charge is 0.167 e. The fraction of sp³-hybridized carbons (Fsp3) is 0.321. The number of aromatic nitrogens is 2. The molecule has 35 heavy (non-hydrogen) atoms. The predicted octanol–water partition coefficient (Wildman–Crippen LogP) is 5.57. The van der Waals surface area contributed by atoms with Crippen LogP contribution in [-0.2, 0) is 4.74 Å². The van der Waals surface area contributed by atoms with E-state index in [9.17, 15) is 10.1 Å². The first-order valence-corrected chi connectivity index (χ1v) is 12.1. The molecule has 5 rings (SSSR count). The molecule has 1 saturated heterocycles. The summed E-state index contributed by atoms with van der Waals surface area (Å²) in [5.74, 6) is 1.79. The number of fused-ring (bicyclic) bond motifs is 1. The maximum Gasteiger partial charge on any atom is 0.167 e. The average molecular weight is 469 g/mol. The van der Waals surface area contributed by atoms with Crippen molar-refractivity contribution in [2.75, 3.05) is 18.5 Å². The van der Waals surface area contributed by atoms with Gasteiger partial charge in [0.25, 0.3) is 0 Å². The first kappa shape index (κ1) is 22.9. The number of nitriles is 1. The van der Waals surface area contributed by atoms with Crippen LogP contribution in [0.2, 0.25) is 0 Å². The molecule has 0 saturated carbocycles. The van der Waals surface area contributed by atoms with E-state index in [4.69, 9.17) is 9.47 Å². The molecule has 2 aliphatic rings. The highest BCUT2D eigenvalue weighted by Crippen LogP contribution is 2.32. The molecule has 1 N–H and O–H groups in total. The molecule has 2 aromatic heterocycles. The van der Waals surface area contributed by atoms with E-state index < -0.39 is 0 Å². The minimum absolute atomic E-state index is 0.0466. The summed E-state index contributed by atoms with van der Waals surface area (Å²) < 4.78 is 13.2. The molecule has 1 aromatic carbocycles. The van der Waals surface area contributed by atoms with Crippen LogP contribution in [0.1, 0.15) is 53.6 Å². The van der Waals surface area contributed by atoms with Gasteiger partial charge < -0.3 is 14.8 Å². The molecular formula is C28H28N4O3. The van der Waals surface area contributed by atoms with Gasteiger partial charge in [-0.2, -0.15) is 10.4 Å². The Hall–Kier alpha value is -3.89. The Morgan fingerprint density at radius 2 is 2.06 bits per heavy atom. The van der Waals surface area contributed by atoms with E-state index >= 15 is 0 Å². The van der Waals surface area contributed by atoms with Gasteiger partial charge in [-0.15, -0.1) is 0 Å². The molecule has 178 valence electrons. The number of hydrogen-bond donors (Lipinski definition) is 1. The van der Waals surface area contributed by atoms with E-state index in [0.29, 0.717) is 30.0 Å². The van der Waals surface area contributed by atoms with Crippen LogP contribution in [0.3, 0.4) is 0 Å². The van der Waals surface area contributed by atoms with Gasteiger partial charge >= 0.3 is 0 Å². The summed E-state index contributed by atoms with van der Waals surface area (Å²) in [6, 6.07) is 12.0. The number of anilines is 1. The molecule has 1 fully saturated rings. The first-order valence-electron chi connectivity index (χ1n) is 12.1. The highest BCUT2D eigenvalue weighted by molar-refractivity contribution is 6.02. The number of Topliss-reactive ketones (excluding diaryl/α,β-unsaturated/α-hetero) is 1. The average Bonchev–Trinajstić information content (AvgIpc) is 3.04. The summed E-state index contributed by atoms with van der Waals surface area (Å²) in [7, 11) is 0. The quantitative estimate of drug-likeness (QED) is 0.476. The maximum absolute atomic E-state index is 13.4. The third-order valence-electron chi connectivity index (χ3n) is 6.65. The molecule has 1 aliphatic heterocycles. The van der Waals surface area contributed by atoms with Crippen molar-refractivity contribution in [2.45, 2.75) is 39.0 Å². The maximum atomic E-state index is 13.4. The Morgan fingerprint density at radius 3 is 2.83 bits per heavy atom. The normalized spacial score (nSPS) is 18.2. The van der Waals surface area contributed by atoms with Crippen LogP contribution in [0.4, 0.5) is 5.69 Å². The molecule has 7 heteroatoms. The fourth-order valence-electron chi connectivity index (χ4n) is 4.74. The minimum Gasteiger partial charge on any atom is -0.462 e. The lowest BCUT2D eigenvalue weighted by atomic mass is 9.91. The zero-order valence-electron chi connectivity index (χ0n) is 19.8. The largest absolute Gasteiger partial charge is 0.462 e. The highest BCUT2D eigenvalue weighted by atomic mass is 16.5. The molecule has 0 amide bonds. The van der Waals surface area contributed by atoms with Crippen LogP contribution >= 0.6 is 0 Å². The Morgan fingerprint density at radius 1 is 1.20 bits per heavy atom. The van der Waals surface area contributed by atoms with Crippen molar-refractivity contribution in [3.05, 3.63) is 83.0 Å². The van der Waals surface area contributed by atoms with Gasteiger partial charge in [0.2, 0.25) is 0 Å². The molecule has 3 aromatic rings. The Balaban J connectivity index is 1.44. The van der Waals surface area contributed by atoms with Gasteiger partial charge in [-0.25, -0.2) is 4.52 Å². The molecule has 0 radical (unpaired) electrons. The molecular weight excluding hydrogens is 440 g/mol. The molecule has 0 spiro atoms. The number of nitrogens with zero attached hydrogens (tertiary/aromatic N) is 3. The van der Waals surface area contributed by atoms with Crippen molar-refractivity contribution < 1.29 is 14.3 Å². The number of ether oxygens (including phenoxy) is 2. The van der Waals surface area contributed by atoms with Crippen molar-refractivity contribution in [3.63, 3.8) is 0 Å². The molecule has 1 unspecified atom stereocenters. The Bertz CT molecular complexity index is 1340. The number of para-hydroxylation sites is 1.